The molecular weight excluding hydrogens is 399 g/mol. The molecular formula is C25H40ClFOSi. The highest BCUT2D eigenvalue weighted by Crippen LogP contribution is 2.42. The minimum Gasteiger partial charge on any atom is -0.463 e. The van der Waals surface area contributed by atoms with Gasteiger partial charge in [0.2, 0.25) is 6.86 Å². The van der Waals surface area contributed by atoms with E-state index in [1.54, 1.807) is 37.0 Å². The Morgan fingerprint density at radius 2 is 1.76 bits per heavy atom. The predicted octanol–water partition coefficient (Wildman–Crippen LogP) is 8.21. The average molecular weight is 439 g/mol. The Bertz CT molecular complexity index is 594. The molecule has 1 aromatic rings. The summed E-state index contributed by atoms with van der Waals surface area (Å²) in [4.78, 5) is 0. The van der Waals surface area contributed by atoms with Gasteiger partial charge in [-0.2, -0.15) is 0 Å². The third-order valence-electron chi connectivity index (χ3n) is 7.69. The van der Waals surface area contributed by atoms with Crippen molar-refractivity contribution in [3.63, 3.8) is 0 Å². The molecule has 0 amide bonds. The first-order chi connectivity index (χ1) is 14.2. The van der Waals surface area contributed by atoms with Crippen molar-refractivity contribution in [2.75, 3.05) is 6.86 Å². The quantitative estimate of drug-likeness (QED) is 0.264. The van der Waals surface area contributed by atoms with Crippen molar-refractivity contribution in [1.82, 2.24) is 0 Å². The fraction of sp³-hybridized carbons (Fsp3) is 0.760. The molecule has 0 radical (unpaired) electrons. The van der Waals surface area contributed by atoms with Crippen molar-refractivity contribution in [1.29, 1.82) is 0 Å². The third-order valence-corrected chi connectivity index (χ3v) is 11.6. The maximum Gasteiger partial charge on any atom is 0.228 e. The lowest BCUT2D eigenvalue weighted by atomic mass is 9.73. The van der Waals surface area contributed by atoms with Gasteiger partial charge >= 0.3 is 0 Å². The van der Waals surface area contributed by atoms with E-state index in [2.05, 4.69) is 6.92 Å². The summed E-state index contributed by atoms with van der Waals surface area (Å²) in [6, 6.07) is 10.5. The highest BCUT2D eigenvalue weighted by molar-refractivity contribution is 6.58. The Morgan fingerprint density at radius 1 is 1.03 bits per heavy atom. The van der Waals surface area contributed by atoms with E-state index < -0.39 is 6.86 Å². The second-order valence-corrected chi connectivity index (χ2v) is 13.5. The standard InChI is InChI=1S/C25H40ClFOSi/c1-2-15-29-16-13-22(14-17-29)21-9-7-20(8-10-21)5-3-4-6-23-11-12-24(26)18-25(23)28-19-27/h11-12,18,20-22,29H,2-10,13-17,19H2,1H3/t20-,21-,22-,29-. The fourth-order valence-electron chi connectivity index (χ4n) is 5.98. The summed E-state index contributed by atoms with van der Waals surface area (Å²) >= 11 is 6.00. The molecule has 0 atom stereocenters. The van der Waals surface area contributed by atoms with Crippen LogP contribution in [0.1, 0.15) is 76.7 Å². The predicted molar refractivity (Wildman–Crippen MR) is 126 cm³/mol. The molecule has 1 heterocycles. The zero-order chi connectivity index (χ0) is 20.5. The van der Waals surface area contributed by atoms with Gasteiger partial charge in [-0.3, -0.25) is 0 Å². The van der Waals surface area contributed by atoms with E-state index >= 15 is 0 Å². The van der Waals surface area contributed by atoms with E-state index in [-0.39, 0.29) is 8.80 Å². The minimum absolute atomic E-state index is 0.325. The Kier molecular flexibility index (Phi) is 9.84. The SMILES string of the molecule is CCC[Si@H]1CC[C@H]([C@H]2CC[C@H](CCCCc3ccc(Cl)cc3OCF)CC2)CC1. The first-order valence-corrected chi connectivity index (χ1v) is 15.0. The zero-order valence-electron chi connectivity index (χ0n) is 18.3. The maximum absolute atomic E-state index is 12.6. The van der Waals surface area contributed by atoms with Gasteiger partial charge in [0.1, 0.15) is 5.75 Å². The normalized spacial score (nSPS) is 27.7. The van der Waals surface area contributed by atoms with E-state index in [9.17, 15) is 4.39 Å². The van der Waals surface area contributed by atoms with Gasteiger partial charge in [0.15, 0.2) is 0 Å². The van der Waals surface area contributed by atoms with Gasteiger partial charge in [0.05, 0.1) is 0 Å². The molecule has 1 saturated heterocycles. The summed E-state index contributed by atoms with van der Waals surface area (Å²) < 4.78 is 17.7. The third kappa shape index (κ3) is 7.27. The Balaban J connectivity index is 1.32. The van der Waals surface area contributed by atoms with Crippen LogP contribution in [0.4, 0.5) is 4.39 Å². The molecule has 0 unspecified atom stereocenters. The van der Waals surface area contributed by atoms with Crippen LogP contribution in [-0.2, 0) is 6.42 Å². The average Bonchev–Trinajstić information content (AvgIpc) is 2.74. The van der Waals surface area contributed by atoms with Crippen LogP contribution in [0, 0.1) is 17.8 Å². The lowest BCUT2D eigenvalue weighted by Gasteiger charge is -2.37. The monoisotopic (exact) mass is 438 g/mol. The first kappa shape index (κ1) is 23.1. The van der Waals surface area contributed by atoms with Crippen LogP contribution in [-0.4, -0.2) is 15.7 Å². The molecule has 0 spiro atoms. The van der Waals surface area contributed by atoms with Crippen molar-refractivity contribution < 1.29 is 9.13 Å². The molecule has 1 saturated carbocycles. The zero-order valence-corrected chi connectivity index (χ0v) is 20.2. The van der Waals surface area contributed by atoms with E-state index in [4.69, 9.17) is 16.3 Å². The van der Waals surface area contributed by atoms with E-state index in [1.165, 1.54) is 44.9 Å². The molecule has 2 aliphatic rings. The summed E-state index contributed by atoms with van der Waals surface area (Å²) in [7, 11) is -0.325. The van der Waals surface area contributed by atoms with Crippen LogP contribution >= 0.6 is 11.6 Å². The van der Waals surface area contributed by atoms with Gasteiger partial charge in [-0.15, -0.1) is 0 Å². The number of alkyl halides is 1. The van der Waals surface area contributed by atoms with Crippen molar-refractivity contribution in [2.24, 2.45) is 17.8 Å². The number of rotatable bonds is 10. The number of hydrogen-bond acceptors (Lipinski definition) is 1. The second-order valence-electron chi connectivity index (χ2n) is 9.60. The molecule has 164 valence electrons. The number of hydrogen-bond donors (Lipinski definition) is 0. The molecule has 0 bridgehead atoms. The molecule has 3 rings (SSSR count). The molecule has 29 heavy (non-hydrogen) atoms. The van der Waals surface area contributed by atoms with Crippen LogP contribution in [0.5, 0.6) is 5.75 Å². The van der Waals surface area contributed by atoms with Crippen LogP contribution in [0.2, 0.25) is 23.2 Å². The lowest BCUT2D eigenvalue weighted by Crippen LogP contribution is -2.28. The summed E-state index contributed by atoms with van der Waals surface area (Å²) in [6.07, 6.45) is 15.2. The topological polar surface area (TPSA) is 9.23 Å². The maximum atomic E-state index is 12.6. The number of benzene rings is 1. The van der Waals surface area contributed by atoms with Crippen LogP contribution in [0.3, 0.4) is 0 Å². The van der Waals surface area contributed by atoms with E-state index in [0.717, 1.165) is 36.2 Å². The van der Waals surface area contributed by atoms with Gasteiger partial charge in [0.25, 0.3) is 0 Å². The first-order valence-electron chi connectivity index (χ1n) is 12.2. The summed E-state index contributed by atoms with van der Waals surface area (Å²) in [5.41, 5.74) is 1.08. The number of aryl methyl sites for hydroxylation is 1. The van der Waals surface area contributed by atoms with Crippen molar-refractivity contribution in [2.45, 2.75) is 95.7 Å². The Morgan fingerprint density at radius 3 is 2.45 bits per heavy atom. The van der Waals surface area contributed by atoms with Crippen LogP contribution in [0.15, 0.2) is 18.2 Å². The molecule has 1 aliphatic heterocycles. The summed E-state index contributed by atoms with van der Waals surface area (Å²) in [5.74, 6) is 3.65. The number of ether oxygens (including phenoxy) is 1. The molecule has 4 heteroatoms. The number of unbranched alkanes of at least 4 members (excludes halogenated alkanes) is 1. The van der Waals surface area contributed by atoms with E-state index in [1.807, 2.05) is 12.1 Å². The molecule has 1 aromatic carbocycles. The van der Waals surface area contributed by atoms with Crippen LogP contribution in [0.25, 0.3) is 0 Å². The van der Waals surface area contributed by atoms with Crippen molar-refractivity contribution in [3.8, 4) is 5.75 Å². The van der Waals surface area contributed by atoms with Crippen molar-refractivity contribution >= 4 is 20.4 Å². The Labute approximate surface area is 184 Å². The smallest absolute Gasteiger partial charge is 0.228 e. The highest BCUT2D eigenvalue weighted by atomic mass is 35.5. The fourth-order valence-corrected chi connectivity index (χ4v) is 9.63. The van der Waals surface area contributed by atoms with Gasteiger partial charge in [-0.25, -0.2) is 4.39 Å². The summed E-state index contributed by atoms with van der Waals surface area (Å²) in [6.45, 7) is 1.58. The minimum atomic E-state index is -0.793. The van der Waals surface area contributed by atoms with Crippen molar-refractivity contribution in [3.05, 3.63) is 28.8 Å². The molecule has 2 fully saturated rings. The molecule has 0 aromatic heterocycles. The van der Waals surface area contributed by atoms with Gasteiger partial charge in [-0.05, 0) is 61.1 Å². The second kappa shape index (κ2) is 12.3. The van der Waals surface area contributed by atoms with Crippen LogP contribution < -0.4 is 4.74 Å². The van der Waals surface area contributed by atoms with Gasteiger partial charge in [0, 0.05) is 13.8 Å². The van der Waals surface area contributed by atoms with E-state index in [0.29, 0.717) is 10.8 Å². The highest BCUT2D eigenvalue weighted by Gasteiger charge is 2.30. The molecule has 1 aliphatic carbocycles. The Hall–Kier alpha value is -0.543. The summed E-state index contributed by atoms with van der Waals surface area (Å²) in [5, 5.41) is 0.607. The van der Waals surface area contributed by atoms with Gasteiger partial charge in [-0.1, -0.05) is 87.7 Å². The lowest BCUT2D eigenvalue weighted by molar-refractivity contribution is 0.184. The number of halogens is 2. The molecule has 1 nitrogen and oxygen atoms in total. The molecule has 0 N–H and O–H groups in total. The van der Waals surface area contributed by atoms with Gasteiger partial charge < -0.3 is 4.74 Å². The largest absolute Gasteiger partial charge is 0.463 e.